The molecule has 2 rings (SSSR count). The number of benzene rings is 1. The summed E-state index contributed by atoms with van der Waals surface area (Å²) in [7, 11) is 2.12. The lowest BCUT2D eigenvalue weighted by Crippen LogP contribution is -2.42. The fourth-order valence-electron chi connectivity index (χ4n) is 2.47. The molecule has 0 amide bonds. The summed E-state index contributed by atoms with van der Waals surface area (Å²) in [5.74, 6) is 0.231. The molecule has 1 aromatic carbocycles. The van der Waals surface area contributed by atoms with Crippen LogP contribution in [0.5, 0.6) is 5.75 Å². The second-order valence-corrected chi connectivity index (χ2v) is 5.62. The topological polar surface area (TPSA) is 24.5 Å². The van der Waals surface area contributed by atoms with Crippen LogP contribution in [-0.4, -0.2) is 43.4 Å². The second-order valence-electron chi connectivity index (χ2n) is 5.62. The number of nitrogens with zero attached hydrogens (tertiary/aromatic N) is 1. The predicted octanol–water partition coefficient (Wildman–Crippen LogP) is 3.52. The van der Waals surface area contributed by atoms with E-state index < -0.39 is 12.8 Å². The molecule has 1 aliphatic heterocycles. The molecule has 6 heteroatoms. The van der Waals surface area contributed by atoms with Crippen LogP contribution in [0.1, 0.15) is 19.8 Å². The third-order valence-corrected chi connectivity index (χ3v) is 3.84. The summed E-state index contributed by atoms with van der Waals surface area (Å²) < 4.78 is 40.9. The van der Waals surface area contributed by atoms with Crippen LogP contribution in [-0.2, 0) is 0 Å². The molecule has 0 radical (unpaired) electrons. The Morgan fingerprint density at radius 2 is 1.95 bits per heavy atom. The molecule has 1 fully saturated rings. The van der Waals surface area contributed by atoms with Gasteiger partial charge in [0.2, 0.25) is 0 Å². The van der Waals surface area contributed by atoms with Crippen molar-refractivity contribution in [1.29, 1.82) is 0 Å². The molecule has 1 heterocycles. The minimum Gasteiger partial charge on any atom is -0.484 e. The molecular formula is C15H21F3N2O. The second kappa shape index (κ2) is 6.56. The molecule has 0 spiro atoms. The first-order chi connectivity index (χ1) is 9.83. The molecule has 0 aliphatic carbocycles. The molecule has 1 aromatic rings. The number of halogens is 3. The molecule has 118 valence electrons. The third-order valence-electron chi connectivity index (χ3n) is 3.84. The summed E-state index contributed by atoms with van der Waals surface area (Å²) in [6.45, 7) is 1.99. The number of alkyl halides is 3. The molecule has 21 heavy (non-hydrogen) atoms. The molecule has 1 saturated heterocycles. The number of ether oxygens (including phenoxy) is 1. The molecule has 2 atom stereocenters. The predicted molar refractivity (Wildman–Crippen MR) is 76.7 cm³/mol. The maximum Gasteiger partial charge on any atom is 0.422 e. The van der Waals surface area contributed by atoms with Gasteiger partial charge in [0.05, 0.1) is 0 Å². The van der Waals surface area contributed by atoms with Gasteiger partial charge in [-0.15, -0.1) is 0 Å². The van der Waals surface area contributed by atoms with E-state index in [0.717, 1.165) is 25.1 Å². The van der Waals surface area contributed by atoms with E-state index in [4.69, 9.17) is 0 Å². The Morgan fingerprint density at radius 3 is 2.52 bits per heavy atom. The van der Waals surface area contributed by atoms with E-state index in [0.29, 0.717) is 12.1 Å². The van der Waals surface area contributed by atoms with E-state index in [-0.39, 0.29) is 5.75 Å². The summed E-state index contributed by atoms with van der Waals surface area (Å²) in [6, 6.07) is 7.58. The first-order valence-electron chi connectivity index (χ1n) is 7.10. The standard InChI is InChI=1S/C15H21F3N2O/c1-11-9-13(7-8-20(11)2)19-12-3-5-14(6-4-12)21-10-15(16,17)18/h3-6,11,13,19H,7-10H2,1-2H3. The maximum absolute atomic E-state index is 12.1. The molecule has 1 aliphatic rings. The van der Waals surface area contributed by atoms with Crippen molar-refractivity contribution in [3.05, 3.63) is 24.3 Å². The average Bonchev–Trinajstić information content (AvgIpc) is 2.41. The van der Waals surface area contributed by atoms with Crippen molar-refractivity contribution in [3.63, 3.8) is 0 Å². The zero-order valence-electron chi connectivity index (χ0n) is 12.3. The fourth-order valence-corrected chi connectivity index (χ4v) is 2.47. The number of hydrogen-bond donors (Lipinski definition) is 1. The Labute approximate surface area is 123 Å². The van der Waals surface area contributed by atoms with Gasteiger partial charge in [-0.1, -0.05) is 0 Å². The van der Waals surface area contributed by atoms with Crippen LogP contribution in [0, 0.1) is 0 Å². The lowest BCUT2D eigenvalue weighted by atomic mass is 9.99. The van der Waals surface area contributed by atoms with Gasteiger partial charge >= 0.3 is 6.18 Å². The van der Waals surface area contributed by atoms with E-state index in [9.17, 15) is 13.2 Å². The van der Waals surface area contributed by atoms with Gasteiger partial charge in [-0.25, -0.2) is 0 Å². The summed E-state index contributed by atoms with van der Waals surface area (Å²) in [4.78, 5) is 2.33. The molecule has 2 unspecified atom stereocenters. The van der Waals surface area contributed by atoms with Crippen molar-refractivity contribution in [2.24, 2.45) is 0 Å². The zero-order valence-corrected chi connectivity index (χ0v) is 12.3. The van der Waals surface area contributed by atoms with E-state index in [1.807, 2.05) is 0 Å². The van der Waals surface area contributed by atoms with Crippen LogP contribution in [0.25, 0.3) is 0 Å². The Morgan fingerprint density at radius 1 is 1.29 bits per heavy atom. The number of likely N-dealkylation sites (tertiary alicyclic amines) is 1. The first kappa shape index (κ1) is 15.9. The van der Waals surface area contributed by atoms with Crippen molar-refractivity contribution in [1.82, 2.24) is 4.90 Å². The van der Waals surface area contributed by atoms with Crippen LogP contribution >= 0.6 is 0 Å². The van der Waals surface area contributed by atoms with Crippen molar-refractivity contribution in [3.8, 4) is 5.75 Å². The van der Waals surface area contributed by atoms with Crippen LogP contribution in [0.4, 0.5) is 18.9 Å². The van der Waals surface area contributed by atoms with E-state index >= 15 is 0 Å². The highest BCUT2D eigenvalue weighted by molar-refractivity contribution is 5.47. The largest absolute Gasteiger partial charge is 0.484 e. The number of piperidine rings is 1. The van der Waals surface area contributed by atoms with Crippen LogP contribution < -0.4 is 10.1 Å². The van der Waals surface area contributed by atoms with Crippen LogP contribution in [0.3, 0.4) is 0 Å². The van der Waals surface area contributed by atoms with Gasteiger partial charge in [-0.3, -0.25) is 0 Å². The van der Waals surface area contributed by atoms with E-state index in [1.54, 1.807) is 24.3 Å². The maximum atomic E-state index is 12.1. The van der Waals surface area contributed by atoms with Crippen LogP contribution in [0.15, 0.2) is 24.3 Å². The van der Waals surface area contributed by atoms with Gasteiger partial charge in [-0.05, 0) is 51.1 Å². The lowest BCUT2D eigenvalue weighted by molar-refractivity contribution is -0.153. The smallest absolute Gasteiger partial charge is 0.422 e. The minimum absolute atomic E-state index is 0.231. The highest BCUT2D eigenvalue weighted by atomic mass is 19.4. The van der Waals surface area contributed by atoms with Crippen molar-refractivity contribution in [2.75, 3.05) is 25.5 Å². The molecule has 3 nitrogen and oxygen atoms in total. The molecular weight excluding hydrogens is 281 g/mol. The monoisotopic (exact) mass is 302 g/mol. The van der Waals surface area contributed by atoms with Crippen molar-refractivity contribution in [2.45, 2.75) is 38.0 Å². The Bertz CT molecular complexity index is 447. The van der Waals surface area contributed by atoms with Crippen LogP contribution in [0.2, 0.25) is 0 Å². The average molecular weight is 302 g/mol. The zero-order chi connectivity index (χ0) is 15.5. The molecule has 1 N–H and O–H groups in total. The van der Waals surface area contributed by atoms with Gasteiger partial charge < -0.3 is 15.0 Å². The van der Waals surface area contributed by atoms with Crippen molar-refractivity contribution >= 4 is 5.69 Å². The summed E-state index contributed by atoms with van der Waals surface area (Å²) >= 11 is 0. The number of nitrogens with one attached hydrogen (secondary N) is 1. The van der Waals surface area contributed by atoms with E-state index in [1.165, 1.54) is 0 Å². The van der Waals surface area contributed by atoms with Gasteiger partial charge in [0, 0.05) is 24.3 Å². The summed E-state index contributed by atoms with van der Waals surface area (Å²) in [6.07, 6.45) is -2.18. The molecule has 0 bridgehead atoms. The molecule has 0 saturated carbocycles. The number of anilines is 1. The fraction of sp³-hybridized carbons (Fsp3) is 0.600. The lowest BCUT2D eigenvalue weighted by Gasteiger charge is -2.35. The van der Waals surface area contributed by atoms with E-state index in [2.05, 4.69) is 28.9 Å². The Balaban J connectivity index is 1.85. The minimum atomic E-state index is -4.30. The van der Waals surface area contributed by atoms with Gasteiger partial charge in [0.25, 0.3) is 0 Å². The molecule has 0 aromatic heterocycles. The summed E-state index contributed by atoms with van der Waals surface area (Å²) in [5, 5.41) is 3.43. The summed E-state index contributed by atoms with van der Waals surface area (Å²) in [5.41, 5.74) is 0.913. The Kier molecular flexibility index (Phi) is 4.98. The number of rotatable bonds is 4. The first-order valence-corrected chi connectivity index (χ1v) is 7.10. The Hall–Kier alpha value is -1.43. The number of hydrogen-bond acceptors (Lipinski definition) is 3. The van der Waals surface area contributed by atoms with Gasteiger partial charge in [0.15, 0.2) is 6.61 Å². The highest BCUT2D eigenvalue weighted by Crippen LogP contribution is 2.23. The van der Waals surface area contributed by atoms with Gasteiger partial charge in [0.1, 0.15) is 5.75 Å². The van der Waals surface area contributed by atoms with Crippen molar-refractivity contribution < 1.29 is 17.9 Å². The van der Waals surface area contributed by atoms with Gasteiger partial charge in [-0.2, -0.15) is 13.2 Å². The highest BCUT2D eigenvalue weighted by Gasteiger charge is 2.28. The normalized spacial score (nSPS) is 23.9. The quantitative estimate of drug-likeness (QED) is 0.921. The third kappa shape index (κ3) is 5.12. The SMILES string of the molecule is CC1CC(Nc2ccc(OCC(F)(F)F)cc2)CCN1C.